The van der Waals surface area contributed by atoms with E-state index in [9.17, 15) is 0 Å². The quantitative estimate of drug-likeness (QED) is 0.784. The second-order valence-electron chi connectivity index (χ2n) is 3.21. The van der Waals surface area contributed by atoms with Crippen molar-refractivity contribution in [3.05, 3.63) is 41.2 Å². The van der Waals surface area contributed by atoms with Crippen LogP contribution in [0.1, 0.15) is 11.4 Å². The zero-order valence-corrected chi connectivity index (χ0v) is 9.04. The van der Waals surface area contributed by atoms with E-state index in [-0.39, 0.29) is 0 Å². The maximum Gasteiger partial charge on any atom is 0.129 e. The summed E-state index contributed by atoms with van der Waals surface area (Å²) in [5.41, 5.74) is 2.04. The van der Waals surface area contributed by atoms with Crippen molar-refractivity contribution in [1.82, 2.24) is 15.0 Å². The van der Waals surface area contributed by atoms with Gasteiger partial charge in [0.15, 0.2) is 0 Å². The summed E-state index contributed by atoms with van der Waals surface area (Å²) in [6.07, 6.45) is 5.24. The van der Waals surface area contributed by atoms with Crippen LogP contribution in [-0.4, -0.2) is 15.0 Å². The molecule has 2 rings (SSSR count). The maximum atomic E-state index is 5.76. The Balaban J connectivity index is 2.05. The van der Waals surface area contributed by atoms with E-state index in [1.165, 1.54) is 0 Å². The van der Waals surface area contributed by atoms with Crippen LogP contribution in [0.15, 0.2) is 24.7 Å². The Morgan fingerprint density at radius 2 is 2.33 bits per heavy atom. The summed E-state index contributed by atoms with van der Waals surface area (Å²) in [6.45, 7) is 2.63. The molecule has 0 fully saturated rings. The van der Waals surface area contributed by atoms with Crippen LogP contribution in [0.3, 0.4) is 0 Å². The first kappa shape index (κ1) is 9.98. The molecular formula is C10H11ClN4. The number of H-pyrrole nitrogens is 1. The Labute approximate surface area is 92.7 Å². The summed E-state index contributed by atoms with van der Waals surface area (Å²) in [6, 6.07) is 1.83. The molecule has 0 atom stereocenters. The number of aryl methyl sites for hydroxylation is 1. The van der Waals surface area contributed by atoms with Crippen molar-refractivity contribution in [2.24, 2.45) is 0 Å². The van der Waals surface area contributed by atoms with Crippen molar-refractivity contribution in [1.29, 1.82) is 0 Å². The molecule has 2 heterocycles. The third-order valence-electron chi connectivity index (χ3n) is 2.08. The zero-order chi connectivity index (χ0) is 10.7. The fourth-order valence-electron chi connectivity index (χ4n) is 1.28. The highest BCUT2D eigenvalue weighted by Gasteiger charge is 2.00. The molecule has 5 heteroatoms. The number of anilines is 1. The summed E-state index contributed by atoms with van der Waals surface area (Å²) >= 11 is 5.76. The molecule has 0 saturated heterocycles. The largest absolute Gasteiger partial charge is 0.376 e. The number of aromatic nitrogens is 3. The molecular weight excluding hydrogens is 212 g/mol. The molecule has 2 aromatic rings. The molecule has 78 valence electrons. The lowest BCUT2D eigenvalue weighted by atomic mass is 10.2. The second kappa shape index (κ2) is 4.31. The normalized spacial score (nSPS) is 10.3. The molecule has 0 saturated carbocycles. The van der Waals surface area contributed by atoms with Crippen LogP contribution in [0.25, 0.3) is 0 Å². The molecule has 0 aliphatic carbocycles. The van der Waals surface area contributed by atoms with Crippen LogP contribution in [0.4, 0.5) is 5.69 Å². The molecule has 0 bridgehead atoms. The number of pyridine rings is 1. The van der Waals surface area contributed by atoms with Gasteiger partial charge in [0.1, 0.15) is 11.0 Å². The highest BCUT2D eigenvalue weighted by atomic mass is 35.5. The van der Waals surface area contributed by atoms with Crippen molar-refractivity contribution in [3.63, 3.8) is 0 Å². The smallest absolute Gasteiger partial charge is 0.129 e. The van der Waals surface area contributed by atoms with Gasteiger partial charge in [-0.05, 0) is 18.6 Å². The predicted octanol–water partition coefficient (Wildman–Crippen LogP) is 2.38. The predicted molar refractivity (Wildman–Crippen MR) is 59.9 cm³/mol. The van der Waals surface area contributed by atoms with E-state index in [0.717, 1.165) is 17.1 Å². The van der Waals surface area contributed by atoms with E-state index in [0.29, 0.717) is 11.7 Å². The highest BCUT2D eigenvalue weighted by Crippen LogP contribution is 2.16. The average molecular weight is 223 g/mol. The molecule has 2 N–H and O–H groups in total. The highest BCUT2D eigenvalue weighted by molar-refractivity contribution is 6.29. The number of hydrogen-bond donors (Lipinski definition) is 2. The molecule has 0 radical (unpaired) electrons. The van der Waals surface area contributed by atoms with Gasteiger partial charge in [0, 0.05) is 12.4 Å². The molecule has 0 amide bonds. The number of nitrogens with zero attached hydrogens (tertiary/aromatic N) is 2. The maximum absolute atomic E-state index is 5.76. The Bertz CT molecular complexity index is 439. The van der Waals surface area contributed by atoms with Crippen molar-refractivity contribution in [3.8, 4) is 0 Å². The first-order valence-electron chi connectivity index (χ1n) is 4.60. The van der Waals surface area contributed by atoms with Gasteiger partial charge in [-0.25, -0.2) is 9.97 Å². The monoisotopic (exact) mass is 222 g/mol. The third kappa shape index (κ3) is 2.47. The van der Waals surface area contributed by atoms with Crippen molar-refractivity contribution < 1.29 is 0 Å². The molecule has 0 unspecified atom stereocenters. The average Bonchev–Trinajstić information content (AvgIpc) is 2.69. The van der Waals surface area contributed by atoms with Gasteiger partial charge in [-0.3, -0.25) is 0 Å². The van der Waals surface area contributed by atoms with E-state index >= 15 is 0 Å². The molecule has 15 heavy (non-hydrogen) atoms. The van der Waals surface area contributed by atoms with Crippen molar-refractivity contribution >= 4 is 17.3 Å². The molecule has 0 spiro atoms. The van der Waals surface area contributed by atoms with Gasteiger partial charge in [0.25, 0.3) is 0 Å². The lowest BCUT2D eigenvalue weighted by Gasteiger charge is -2.07. The van der Waals surface area contributed by atoms with E-state index in [1.54, 1.807) is 18.6 Å². The first-order valence-corrected chi connectivity index (χ1v) is 4.98. The molecule has 4 nitrogen and oxygen atoms in total. The Morgan fingerprint density at radius 3 is 3.00 bits per heavy atom. The van der Waals surface area contributed by atoms with Gasteiger partial charge < -0.3 is 10.3 Å². The molecule has 0 aliphatic heterocycles. The SMILES string of the molecule is Cc1cc(Cl)ncc1NCc1ncc[nH]1. The summed E-state index contributed by atoms with van der Waals surface area (Å²) in [4.78, 5) is 11.1. The van der Waals surface area contributed by atoms with Gasteiger partial charge in [0.05, 0.1) is 18.4 Å². The lowest BCUT2D eigenvalue weighted by molar-refractivity contribution is 0.994. The van der Waals surface area contributed by atoms with Gasteiger partial charge in [-0.1, -0.05) is 11.6 Å². The number of hydrogen-bond acceptors (Lipinski definition) is 3. The second-order valence-corrected chi connectivity index (χ2v) is 3.60. The Morgan fingerprint density at radius 1 is 1.47 bits per heavy atom. The summed E-state index contributed by atoms with van der Waals surface area (Å²) in [5.74, 6) is 0.893. The molecule has 0 aromatic carbocycles. The van der Waals surface area contributed by atoms with Crippen molar-refractivity contribution in [2.45, 2.75) is 13.5 Å². The van der Waals surface area contributed by atoms with Crippen LogP contribution >= 0.6 is 11.6 Å². The summed E-state index contributed by atoms with van der Waals surface area (Å²) in [5, 5.41) is 3.74. The van der Waals surface area contributed by atoms with Crippen LogP contribution in [0, 0.1) is 6.92 Å². The topological polar surface area (TPSA) is 53.6 Å². The van der Waals surface area contributed by atoms with Gasteiger partial charge in [0.2, 0.25) is 0 Å². The van der Waals surface area contributed by atoms with E-state index in [1.807, 2.05) is 13.0 Å². The molecule has 2 aromatic heterocycles. The number of nitrogens with one attached hydrogen (secondary N) is 2. The Kier molecular flexibility index (Phi) is 2.87. The minimum atomic E-state index is 0.510. The lowest BCUT2D eigenvalue weighted by Crippen LogP contribution is -2.03. The van der Waals surface area contributed by atoms with Crippen molar-refractivity contribution in [2.75, 3.05) is 5.32 Å². The number of imidazole rings is 1. The number of rotatable bonds is 3. The minimum Gasteiger partial charge on any atom is -0.376 e. The van der Waals surface area contributed by atoms with Crippen LogP contribution < -0.4 is 5.32 Å². The van der Waals surface area contributed by atoms with E-state index in [4.69, 9.17) is 11.6 Å². The van der Waals surface area contributed by atoms with Crippen LogP contribution in [0.5, 0.6) is 0 Å². The Hall–Kier alpha value is -1.55. The van der Waals surface area contributed by atoms with Crippen LogP contribution in [0.2, 0.25) is 5.15 Å². The summed E-state index contributed by atoms with van der Waals surface area (Å²) in [7, 11) is 0. The minimum absolute atomic E-state index is 0.510. The standard InChI is InChI=1S/C10H11ClN4/c1-7-4-9(11)15-5-8(7)14-6-10-12-2-3-13-10/h2-5,14H,6H2,1H3,(H,12,13). The third-order valence-corrected chi connectivity index (χ3v) is 2.29. The van der Waals surface area contributed by atoms with Gasteiger partial charge in [-0.15, -0.1) is 0 Å². The zero-order valence-electron chi connectivity index (χ0n) is 8.29. The van der Waals surface area contributed by atoms with Crippen LogP contribution in [-0.2, 0) is 6.54 Å². The fourth-order valence-corrected chi connectivity index (χ4v) is 1.49. The summed E-state index contributed by atoms with van der Waals surface area (Å²) < 4.78 is 0. The van der Waals surface area contributed by atoms with E-state index < -0.39 is 0 Å². The number of aromatic amines is 1. The molecule has 0 aliphatic rings. The van der Waals surface area contributed by atoms with Gasteiger partial charge in [-0.2, -0.15) is 0 Å². The van der Waals surface area contributed by atoms with Gasteiger partial charge >= 0.3 is 0 Å². The first-order chi connectivity index (χ1) is 7.25. The fraction of sp³-hybridized carbons (Fsp3) is 0.200. The van der Waals surface area contributed by atoms with E-state index in [2.05, 4.69) is 20.3 Å². The number of halogens is 1.